The van der Waals surface area contributed by atoms with Crippen molar-refractivity contribution in [1.29, 1.82) is 0 Å². The minimum absolute atomic E-state index is 0.107. The maximum Gasteiger partial charge on any atom is 0.184 e. The first-order chi connectivity index (χ1) is 8.74. The van der Waals surface area contributed by atoms with Gasteiger partial charge in [-0.15, -0.1) is 0 Å². The fourth-order valence-corrected chi connectivity index (χ4v) is 3.43. The fraction of sp³-hybridized carbons (Fsp3) is 0.133. The van der Waals surface area contributed by atoms with Crippen LogP contribution < -0.4 is 5.32 Å². The van der Waals surface area contributed by atoms with E-state index in [4.69, 9.17) is 0 Å². The van der Waals surface area contributed by atoms with E-state index in [2.05, 4.69) is 40.0 Å². The Morgan fingerprint density at radius 2 is 1.94 bits per heavy atom. The number of benzene rings is 1. The van der Waals surface area contributed by atoms with Crippen LogP contribution in [0.1, 0.15) is 5.56 Å². The molecule has 0 amide bonds. The zero-order chi connectivity index (χ0) is 12.6. The summed E-state index contributed by atoms with van der Waals surface area (Å²) in [7, 11) is 0. The van der Waals surface area contributed by atoms with Crippen LogP contribution in [-0.4, -0.2) is 17.9 Å². The smallest absolute Gasteiger partial charge is 0.184 e. The molecule has 0 aromatic heterocycles. The molecule has 0 bridgehead atoms. The Hall–Kier alpha value is -1.20. The molecule has 1 aromatic carbocycles. The summed E-state index contributed by atoms with van der Waals surface area (Å²) in [5.74, 6) is 0.107. The van der Waals surface area contributed by atoms with Gasteiger partial charge in [-0.2, -0.15) is 0 Å². The summed E-state index contributed by atoms with van der Waals surface area (Å²) < 4.78 is 1.20. The lowest BCUT2D eigenvalue weighted by molar-refractivity contribution is -0.117. The molecule has 1 spiro atoms. The standard InChI is InChI=1S/C15H12INO/c16-12-10-17-15(9-5-4-8-13(15)18)14(12)11-6-2-1-3-7-11/h1-9,17H,10H2. The molecule has 1 aliphatic heterocycles. The van der Waals surface area contributed by atoms with Crippen LogP contribution in [0, 0.1) is 0 Å². The Kier molecular flexibility index (Phi) is 2.95. The third-order valence-corrected chi connectivity index (χ3v) is 4.26. The van der Waals surface area contributed by atoms with Crippen LogP contribution in [-0.2, 0) is 4.79 Å². The van der Waals surface area contributed by atoms with Gasteiger partial charge in [0.1, 0.15) is 5.54 Å². The van der Waals surface area contributed by atoms with E-state index in [0.29, 0.717) is 0 Å². The van der Waals surface area contributed by atoms with Crippen molar-refractivity contribution in [2.45, 2.75) is 5.54 Å². The van der Waals surface area contributed by atoms with E-state index in [1.165, 1.54) is 3.58 Å². The Labute approximate surface area is 120 Å². The summed E-state index contributed by atoms with van der Waals surface area (Å²) in [4.78, 5) is 12.3. The summed E-state index contributed by atoms with van der Waals surface area (Å²) in [6, 6.07) is 10.1. The van der Waals surface area contributed by atoms with Crippen LogP contribution in [0.2, 0.25) is 0 Å². The predicted molar refractivity (Wildman–Crippen MR) is 81.4 cm³/mol. The van der Waals surface area contributed by atoms with Gasteiger partial charge in [0.2, 0.25) is 0 Å². The predicted octanol–water partition coefficient (Wildman–Crippen LogP) is 2.87. The summed E-state index contributed by atoms with van der Waals surface area (Å²) in [6.07, 6.45) is 7.34. The van der Waals surface area contributed by atoms with Crippen LogP contribution >= 0.6 is 22.6 Å². The van der Waals surface area contributed by atoms with Crippen LogP contribution in [0.25, 0.3) is 5.57 Å². The Bertz CT molecular complexity index is 586. The summed E-state index contributed by atoms with van der Waals surface area (Å²) in [6.45, 7) is 0.745. The van der Waals surface area contributed by atoms with Crippen molar-refractivity contribution in [3.05, 3.63) is 63.8 Å². The van der Waals surface area contributed by atoms with Crippen molar-refractivity contribution in [2.75, 3.05) is 6.54 Å². The van der Waals surface area contributed by atoms with Gasteiger partial charge in [-0.05, 0) is 34.2 Å². The van der Waals surface area contributed by atoms with Gasteiger partial charge in [0, 0.05) is 15.7 Å². The quantitative estimate of drug-likeness (QED) is 0.790. The Morgan fingerprint density at radius 1 is 1.17 bits per heavy atom. The molecular weight excluding hydrogens is 337 g/mol. The molecule has 1 aliphatic carbocycles. The molecule has 0 saturated carbocycles. The minimum atomic E-state index is -0.660. The first-order valence-corrected chi connectivity index (χ1v) is 6.92. The molecule has 1 unspecified atom stereocenters. The lowest BCUT2D eigenvalue weighted by Gasteiger charge is -2.28. The van der Waals surface area contributed by atoms with E-state index in [9.17, 15) is 4.79 Å². The first-order valence-electron chi connectivity index (χ1n) is 5.84. The molecule has 90 valence electrons. The summed E-state index contributed by atoms with van der Waals surface area (Å²) >= 11 is 2.33. The molecule has 0 radical (unpaired) electrons. The lowest BCUT2D eigenvalue weighted by atomic mass is 9.81. The van der Waals surface area contributed by atoms with Gasteiger partial charge in [0.05, 0.1) is 0 Å². The maximum absolute atomic E-state index is 12.3. The Morgan fingerprint density at radius 3 is 2.67 bits per heavy atom. The second-order valence-electron chi connectivity index (χ2n) is 4.39. The molecule has 1 N–H and O–H groups in total. The number of carbonyl (C=O) groups excluding carboxylic acids is 1. The number of rotatable bonds is 1. The molecule has 1 aromatic rings. The third-order valence-electron chi connectivity index (χ3n) is 3.34. The second kappa shape index (κ2) is 4.48. The molecular formula is C15H12INO. The molecule has 1 atom stereocenters. The van der Waals surface area contributed by atoms with Gasteiger partial charge in [-0.25, -0.2) is 0 Å². The van der Waals surface area contributed by atoms with Gasteiger partial charge < -0.3 is 0 Å². The number of ketones is 1. The van der Waals surface area contributed by atoms with Gasteiger partial charge in [-0.3, -0.25) is 10.1 Å². The van der Waals surface area contributed by atoms with Crippen molar-refractivity contribution >= 4 is 33.9 Å². The molecule has 3 heteroatoms. The van der Waals surface area contributed by atoms with E-state index in [0.717, 1.165) is 17.7 Å². The number of allylic oxidation sites excluding steroid dienone is 2. The van der Waals surface area contributed by atoms with E-state index >= 15 is 0 Å². The van der Waals surface area contributed by atoms with E-state index in [1.807, 2.05) is 30.4 Å². The van der Waals surface area contributed by atoms with Gasteiger partial charge >= 0.3 is 0 Å². The zero-order valence-electron chi connectivity index (χ0n) is 9.69. The van der Waals surface area contributed by atoms with E-state index in [1.54, 1.807) is 12.2 Å². The lowest BCUT2D eigenvalue weighted by Crippen LogP contribution is -2.47. The van der Waals surface area contributed by atoms with Crippen molar-refractivity contribution in [1.82, 2.24) is 5.32 Å². The normalized spacial score (nSPS) is 26.4. The van der Waals surface area contributed by atoms with Crippen molar-refractivity contribution in [2.24, 2.45) is 0 Å². The average molecular weight is 349 g/mol. The number of nitrogens with one attached hydrogen (secondary N) is 1. The molecule has 3 rings (SSSR count). The summed E-state index contributed by atoms with van der Waals surface area (Å²) in [5.41, 5.74) is 1.54. The van der Waals surface area contributed by atoms with Gasteiger partial charge in [-0.1, -0.05) is 48.6 Å². The SMILES string of the molecule is O=C1C=CC=CC12NCC(I)=C2c1ccccc1. The highest BCUT2D eigenvalue weighted by Crippen LogP contribution is 2.40. The topological polar surface area (TPSA) is 29.1 Å². The number of halogens is 1. The highest BCUT2D eigenvalue weighted by atomic mass is 127. The number of hydrogen-bond acceptors (Lipinski definition) is 2. The van der Waals surface area contributed by atoms with Gasteiger partial charge in [0.25, 0.3) is 0 Å². The minimum Gasteiger partial charge on any atom is -0.293 e. The number of carbonyl (C=O) groups is 1. The van der Waals surface area contributed by atoms with Crippen molar-refractivity contribution < 1.29 is 4.79 Å². The molecule has 1 heterocycles. The molecule has 2 aliphatic rings. The monoisotopic (exact) mass is 349 g/mol. The molecule has 0 saturated heterocycles. The van der Waals surface area contributed by atoms with Crippen LogP contribution in [0.4, 0.5) is 0 Å². The van der Waals surface area contributed by atoms with Crippen LogP contribution in [0.5, 0.6) is 0 Å². The van der Waals surface area contributed by atoms with Crippen LogP contribution in [0.15, 0.2) is 58.2 Å². The summed E-state index contributed by atoms with van der Waals surface area (Å²) in [5, 5.41) is 3.35. The van der Waals surface area contributed by atoms with Crippen molar-refractivity contribution in [3.8, 4) is 0 Å². The number of hydrogen-bond donors (Lipinski definition) is 1. The zero-order valence-corrected chi connectivity index (χ0v) is 11.8. The van der Waals surface area contributed by atoms with E-state index < -0.39 is 5.54 Å². The second-order valence-corrected chi connectivity index (χ2v) is 5.69. The molecule has 2 nitrogen and oxygen atoms in total. The largest absolute Gasteiger partial charge is 0.293 e. The molecule has 18 heavy (non-hydrogen) atoms. The third kappa shape index (κ3) is 1.69. The van der Waals surface area contributed by atoms with E-state index in [-0.39, 0.29) is 5.78 Å². The highest BCUT2D eigenvalue weighted by Gasteiger charge is 2.44. The first kappa shape index (κ1) is 11.9. The Balaban J connectivity index is 2.17. The molecule has 0 fully saturated rings. The van der Waals surface area contributed by atoms with Crippen molar-refractivity contribution in [3.63, 3.8) is 0 Å². The average Bonchev–Trinajstić information content (AvgIpc) is 2.73. The fourth-order valence-electron chi connectivity index (χ4n) is 2.51. The van der Waals surface area contributed by atoms with Crippen LogP contribution in [0.3, 0.4) is 0 Å². The maximum atomic E-state index is 12.3. The van der Waals surface area contributed by atoms with Gasteiger partial charge in [0.15, 0.2) is 5.78 Å². The highest BCUT2D eigenvalue weighted by molar-refractivity contribution is 14.1.